The minimum Gasteiger partial charge on any atom is -0.493 e. The second-order valence-electron chi connectivity index (χ2n) is 6.09. The first-order valence-electron chi connectivity index (χ1n) is 9.07. The van der Waals surface area contributed by atoms with Crippen molar-refractivity contribution in [1.82, 2.24) is 15.0 Å². The van der Waals surface area contributed by atoms with Gasteiger partial charge in [0.25, 0.3) is 5.56 Å². The highest BCUT2D eigenvalue weighted by Crippen LogP contribution is 2.37. The van der Waals surface area contributed by atoms with Crippen molar-refractivity contribution in [2.75, 3.05) is 32.3 Å². The number of carbonyl (C=O) groups excluding carboxylic acids is 1. The fourth-order valence-electron chi connectivity index (χ4n) is 2.96. The molecule has 160 valence electrons. The zero-order valence-electron chi connectivity index (χ0n) is 17.0. The highest BCUT2D eigenvalue weighted by molar-refractivity contribution is 7.99. The number of nitrogen functional groups attached to an aromatic ring is 1. The Morgan fingerprint density at radius 2 is 2.00 bits per heavy atom. The van der Waals surface area contributed by atoms with Gasteiger partial charge in [-0.1, -0.05) is 17.8 Å². The summed E-state index contributed by atoms with van der Waals surface area (Å²) >= 11 is 1.00. The van der Waals surface area contributed by atoms with Crippen LogP contribution >= 0.6 is 11.8 Å². The van der Waals surface area contributed by atoms with Gasteiger partial charge >= 0.3 is 5.97 Å². The molecule has 0 atom stereocenters. The molecule has 0 unspecified atom stereocenters. The fraction of sp³-hybridized carbons (Fsp3) is 0.250. The second-order valence-corrected chi connectivity index (χ2v) is 7.06. The van der Waals surface area contributed by atoms with Crippen LogP contribution in [0.3, 0.4) is 0 Å². The Bertz CT molecular complexity index is 1250. The van der Waals surface area contributed by atoms with Crippen molar-refractivity contribution in [1.29, 1.82) is 5.26 Å². The van der Waals surface area contributed by atoms with Gasteiger partial charge in [-0.05, 0) is 24.6 Å². The molecule has 3 N–H and O–H groups in total. The molecule has 0 bridgehead atoms. The third-order valence-corrected chi connectivity index (χ3v) is 5.12. The van der Waals surface area contributed by atoms with Crippen LogP contribution in [0.25, 0.3) is 22.2 Å². The Kier molecular flexibility index (Phi) is 6.61. The lowest BCUT2D eigenvalue weighted by Crippen LogP contribution is -2.15. The molecule has 0 spiro atoms. The molecule has 0 saturated heterocycles. The Morgan fingerprint density at radius 3 is 2.65 bits per heavy atom. The van der Waals surface area contributed by atoms with E-state index in [2.05, 4.69) is 15.0 Å². The SMILES string of the molecule is CCOC(=O)CSc1nc2nc(N)c(C#N)c(-c3ccc(OC)c(OC)c3)c2c(=O)[nH]1. The highest BCUT2D eigenvalue weighted by atomic mass is 32.2. The van der Waals surface area contributed by atoms with E-state index in [0.29, 0.717) is 17.1 Å². The van der Waals surface area contributed by atoms with Crippen LogP contribution in [0.2, 0.25) is 0 Å². The Hall–Kier alpha value is -3.78. The number of hydrogen-bond acceptors (Lipinski definition) is 10. The maximum Gasteiger partial charge on any atom is 0.316 e. The molecular weight excluding hydrogens is 422 g/mol. The van der Waals surface area contributed by atoms with E-state index >= 15 is 0 Å². The Morgan fingerprint density at radius 1 is 1.26 bits per heavy atom. The third-order valence-electron chi connectivity index (χ3n) is 4.28. The minimum absolute atomic E-state index is 0.0312. The van der Waals surface area contributed by atoms with E-state index in [1.54, 1.807) is 25.1 Å². The number of anilines is 1. The summed E-state index contributed by atoms with van der Waals surface area (Å²) in [5.74, 6) is 0.364. The van der Waals surface area contributed by atoms with Gasteiger partial charge < -0.3 is 24.9 Å². The van der Waals surface area contributed by atoms with Crippen LogP contribution < -0.4 is 20.8 Å². The van der Waals surface area contributed by atoms with Crippen LogP contribution in [0.15, 0.2) is 28.2 Å². The molecule has 0 aliphatic rings. The molecule has 1 aromatic carbocycles. The van der Waals surface area contributed by atoms with Gasteiger partial charge in [0.2, 0.25) is 0 Å². The average Bonchev–Trinajstić information content (AvgIpc) is 2.76. The van der Waals surface area contributed by atoms with Crippen molar-refractivity contribution in [2.24, 2.45) is 0 Å². The summed E-state index contributed by atoms with van der Waals surface area (Å²) in [6.45, 7) is 1.96. The van der Waals surface area contributed by atoms with Gasteiger partial charge in [-0.15, -0.1) is 0 Å². The smallest absolute Gasteiger partial charge is 0.316 e. The first kappa shape index (κ1) is 21.9. The molecule has 2 heterocycles. The summed E-state index contributed by atoms with van der Waals surface area (Å²) in [6, 6.07) is 6.98. The number of carbonyl (C=O) groups is 1. The monoisotopic (exact) mass is 441 g/mol. The molecular formula is C20H19N5O5S. The van der Waals surface area contributed by atoms with Crippen LogP contribution in [0, 0.1) is 11.3 Å². The number of hydrogen-bond donors (Lipinski definition) is 2. The van der Waals surface area contributed by atoms with Crippen LogP contribution in [-0.2, 0) is 9.53 Å². The lowest BCUT2D eigenvalue weighted by molar-refractivity contribution is -0.139. The van der Waals surface area contributed by atoms with Crippen LogP contribution in [0.4, 0.5) is 5.82 Å². The van der Waals surface area contributed by atoms with E-state index in [1.165, 1.54) is 14.2 Å². The van der Waals surface area contributed by atoms with E-state index in [0.717, 1.165) is 11.8 Å². The summed E-state index contributed by atoms with van der Waals surface area (Å²) in [6.07, 6.45) is 0. The highest BCUT2D eigenvalue weighted by Gasteiger charge is 2.21. The largest absolute Gasteiger partial charge is 0.493 e. The summed E-state index contributed by atoms with van der Waals surface area (Å²) in [5.41, 5.74) is 6.36. The number of aromatic nitrogens is 3. The Labute approximate surface area is 181 Å². The minimum atomic E-state index is -0.523. The molecule has 2 aromatic heterocycles. The molecule has 0 aliphatic carbocycles. The summed E-state index contributed by atoms with van der Waals surface area (Å²) in [7, 11) is 2.98. The van der Waals surface area contributed by atoms with Crippen molar-refractivity contribution < 1.29 is 19.0 Å². The molecule has 0 radical (unpaired) electrons. The topological polar surface area (TPSA) is 153 Å². The third kappa shape index (κ3) is 4.39. The molecule has 0 saturated carbocycles. The van der Waals surface area contributed by atoms with Crippen molar-refractivity contribution >= 4 is 34.6 Å². The molecule has 0 aliphatic heterocycles. The number of nitrogens with zero attached hydrogens (tertiary/aromatic N) is 3. The standard InChI is InChI=1S/C20H19N5O5S/c1-4-30-14(26)9-31-20-24-18-16(19(27)25-20)15(11(8-21)17(22)23-18)10-5-6-12(28-2)13(7-10)29-3/h5-7H,4,9H2,1-3H3,(H3,22,23,24,25,27). The predicted molar refractivity (Wildman–Crippen MR) is 115 cm³/mol. The second kappa shape index (κ2) is 9.36. The number of H-pyrrole nitrogens is 1. The average molecular weight is 441 g/mol. The number of nitriles is 1. The molecule has 31 heavy (non-hydrogen) atoms. The number of esters is 1. The number of benzene rings is 1. The molecule has 3 rings (SSSR count). The van der Waals surface area contributed by atoms with E-state index in [-0.39, 0.29) is 45.5 Å². The number of thioether (sulfide) groups is 1. The normalized spacial score (nSPS) is 10.5. The Balaban J connectivity index is 2.20. The predicted octanol–water partition coefficient (Wildman–Crippen LogP) is 2.11. The van der Waals surface area contributed by atoms with Gasteiger partial charge in [-0.3, -0.25) is 9.59 Å². The van der Waals surface area contributed by atoms with E-state index in [4.69, 9.17) is 19.9 Å². The van der Waals surface area contributed by atoms with Gasteiger partial charge in [0.1, 0.15) is 17.5 Å². The zero-order valence-corrected chi connectivity index (χ0v) is 17.8. The molecule has 10 nitrogen and oxygen atoms in total. The molecule has 3 aromatic rings. The molecule has 11 heteroatoms. The fourth-order valence-corrected chi connectivity index (χ4v) is 3.62. The zero-order chi connectivity index (χ0) is 22.5. The van der Waals surface area contributed by atoms with Crippen molar-refractivity contribution in [3.8, 4) is 28.7 Å². The van der Waals surface area contributed by atoms with E-state index < -0.39 is 11.5 Å². The van der Waals surface area contributed by atoms with Gasteiger partial charge in [0, 0.05) is 5.56 Å². The van der Waals surface area contributed by atoms with Gasteiger partial charge in [0.05, 0.1) is 32.0 Å². The van der Waals surface area contributed by atoms with E-state index in [9.17, 15) is 14.9 Å². The molecule has 0 amide bonds. The first-order valence-corrected chi connectivity index (χ1v) is 10.1. The maximum atomic E-state index is 12.9. The van der Waals surface area contributed by atoms with Gasteiger partial charge in [-0.2, -0.15) is 5.26 Å². The molecule has 0 fully saturated rings. The van der Waals surface area contributed by atoms with Crippen LogP contribution in [0.5, 0.6) is 11.5 Å². The number of rotatable bonds is 7. The van der Waals surface area contributed by atoms with Crippen molar-refractivity contribution in [3.63, 3.8) is 0 Å². The number of methoxy groups -OCH3 is 2. The first-order chi connectivity index (χ1) is 14.9. The van der Waals surface area contributed by atoms with Crippen LogP contribution in [-0.4, -0.2) is 47.5 Å². The number of aromatic amines is 1. The number of nitrogens with one attached hydrogen (secondary N) is 1. The summed E-state index contributed by atoms with van der Waals surface area (Å²) in [4.78, 5) is 35.6. The van der Waals surface area contributed by atoms with Crippen molar-refractivity contribution in [2.45, 2.75) is 12.1 Å². The maximum absolute atomic E-state index is 12.9. The lowest BCUT2D eigenvalue weighted by Gasteiger charge is -2.13. The quantitative estimate of drug-likeness (QED) is 0.316. The number of fused-ring (bicyclic) bond motifs is 1. The lowest BCUT2D eigenvalue weighted by atomic mass is 9.97. The number of nitrogens with two attached hydrogens (primary N) is 1. The van der Waals surface area contributed by atoms with Crippen molar-refractivity contribution in [3.05, 3.63) is 34.1 Å². The van der Waals surface area contributed by atoms with Gasteiger partial charge in [-0.25, -0.2) is 9.97 Å². The van der Waals surface area contributed by atoms with E-state index in [1.807, 2.05) is 6.07 Å². The number of pyridine rings is 1. The van der Waals surface area contributed by atoms with Crippen LogP contribution in [0.1, 0.15) is 12.5 Å². The van der Waals surface area contributed by atoms with Gasteiger partial charge in [0.15, 0.2) is 22.3 Å². The summed E-state index contributed by atoms with van der Waals surface area (Å²) < 4.78 is 15.5. The number of ether oxygens (including phenoxy) is 3. The summed E-state index contributed by atoms with van der Waals surface area (Å²) in [5, 5.41) is 9.95.